The lowest BCUT2D eigenvalue weighted by Crippen LogP contribution is -2.36. The second-order valence-corrected chi connectivity index (χ2v) is 4.73. The van der Waals surface area contributed by atoms with Crippen LogP contribution in [-0.4, -0.2) is 27.9 Å². The van der Waals surface area contributed by atoms with Gasteiger partial charge < -0.3 is 11.2 Å². The molecular weight excluding hydrogens is 214 g/mol. The Morgan fingerprint density at radius 3 is 2.65 bits per heavy atom. The molecule has 0 saturated carbocycles. The van der Waals surface area contributed by atoms with Crippen molar-refractivity contribution in [2.24, 2.45) is 0 Å². The highest BCUT2D eigenvalue weighted by Crippen LogP contribution is 2.24. The smallest absolute Gasteiger partial charge is 0.162 e. The van der Waals surface area contributed by atoms with Crippen molar-refractivity contribution in [2.75, 3.05) is 24.2 Å². The predicted molar refractivity (Wildman–Crippen MR) is 70.7 cm³/mol. The van der Waals surface area contributed by atoms with Gasteiger partial charge in [0.25, 0.3) is 0 Å². The van der Waals surface area contributed by atoms with E-state index in [9.17, 15) is 0 Å². The van der Waals surface area contributed by atoms with E-state index in [1.54, 1.807) is 0 Å². The number of nitrogens with one attached hydrogen (secondary N) is 1. The fourth-order valence-corrected chi connectivity index (χ4v) is 2.24. The van der Waals surface area contributed by atoms with Crippen molar-refractivity contribution in [3.63, 3.8) is 0 Å². The number of aromatic nitrogens is 2. The van der Waals surface area contributed by atoms with E-state index in [1.165, 1.54) is 19.3 Å². The molecule has 0 aromatic carbocycles. The topological polar surface area (TPSA) is 59.1 Å². The molecule has 2 rings (SSSR count). The monoisotopic (exact) mass is 237 g/mol. The molecule has 0 atom stereocenters. The highest BCUT2D eigenvalue weighted by molar-refractivity contribution is 5.64. The van der Waals surface area contributed by atoms with Crippen LogP contribution < -0.4 is 11.2 Å². The van der Waals surface area contributed by atoms with E-state index in [2.05, 4.69) is 22.5 Å². The van der Waals surface area contributed by atoms with Crippen molar-refractivity contribution in [1.82, 2.24) is 14.8 Å². The maximum atomic E-state index is 6.08. The SMILES string of the molecule is CCCn1nc(C)c(N)c1NN1CCCCC1. The quantitative estimate of drug-likeness (QED) is 0.841. The summed E-state index contributed by atoms with van der Waals surface area (Å²) in [4.78, 5) is 0. The van der Waals surface area contributed by atoms with Gasteiger partial charge in [-0.25, -0.2) is 9.69 Å². The Labute approximate surface area is 103 Å². The Kier molecular flexibility index (Phi) is 3.89. The Morgan fingerprint density at radius 2 is 2.00 bits per heavy atom. The molecule has 96 valence electrons. The minimum absolute atomic E-state index is 0.782. The van der Waals surface area contributed by atoms with E-state index >= 15 is 0 Å². The molecule has 0 amide bonds. The second kappa shape index (κ2) is 5.40. The van der Waals surface area contributed by atoms with Gasteiger partial charge in [-0.05, 0) is 26.2 Å². The first-order chi connectivity index (χ1) is 8.22. The van der Waals surface area contributed by atoms with Crippen molar-refractivity contribution < 1.29 is 0 Å². The molecule has 2 heterocycles. The van der Waals surface area contributed by atoms with Gasteiger partial charge in [-0.2, -0.15) is 5.10 Å². The predicted octanol–water partition coefficient (Wildman–Crippen LogP) is 2.00. The first-order valence-electron chi connectivity index (χ1n) is 6.57. The molecule has 1 aromatic rings. The second-order valence-electron chi connectivity index (χ2n) is 4.73. The maximum absolute atomic E-state index is 6.08. The molecule has 0 unspecified atom stereocenters. The lowest BCUT2D eigenvalue weighted by atomic mass is 10.2. The largest absolute Gasteiger partial charge is 0.394 e. The molecular formula is C12H23N5. The van der Waals surface area contributed by atoms with Crippen LogP contribution >= 0.6 is 0 Å². The van der Waals surface area contributed by atoms with E-state index in [1.807, 2.05) is 11.6 Å². The average Bonchev–Trinajstić information content (AvgIpc) is 2.59. The summed E-state index contributed by atoms with van der Waals surface area (Å²) in [6.45, 7) is 7.21. The summed E-state index contributed by atoms with van der Waals surface area (Å²) >= 11 is 0. The molecule has 5 nitrogen and oxygen atoms in total. The molecule has 5 heteroatoms. The van der Waals surface area contributed by atoms with E-state index in [-0.39, 0.29) is 0 Å². The molecule has 3 N–H and O–H groups in total. The van der Waals surface area contributed by atoms with Gasteiger partial charge in [-0.3, -0.25) is 0 Å². The summed E-state index contributed by atoms with van der Waals surface area (Å²) in [5, 5.41) is 6.72. The molecule has 1 aliphatic heterocycles. The van der Waals surface area contributed by atoms with Crippen LogP contribution in [0.2, 0.25) is 0 Å². The van der Waals surface area contributed by atoms with Crippen LogP contribution in [0.25, 0.3) is 0 Å². The van der Waals surface area contributed by atoms with Crippen LogP contribution in [0.5, 0.6) is 0 Å². The summed E-state index contributed by atoms with van der Waals surface area (Å²) in [6, 6.07) is 0. The van der Waals surface area contributed by atoms with Crippen molar-refractivity contribution in [3.05, 3.63) is 5.69 Å². The molecule has 1 aliphatic rings. The summed E-state index contributed by atoms with van der Waals surface area (Å²) in [5.74, 6) is 0.964. The number of nitrogens with zero attached hydrogens (tertiary/aromatic N) is 3. The summed E-state index contributed by atoms with van der Waals surface area (Å²) in [5.41, 5.74) is 11.2. The lowest BCUT2D eigenvalue weighted by Gasteiger charge is -2.28. The molecule has 1 saturated heterocycles. The zero-order valence-corrected chi connectivity index (χ0v) is 10.9. The summed E-state index contributed by atoms with van der Waals surface area (Å²) in [6.07, 6.45) is 4.91. The number of aryl methyl sites for hydroxylation is 2. The molecule has 1 aromatic heterocycles. The minimum atomic E-state index is 0.782. The number of anilines is 2. The zero-order chi connectivity index (χ0) is 12.3. The van der Waals surface area contributed by atoms with Crippen molar-refractivity contribution in [3.8, 4) is 0 Å². The third-order valence-electron chi connectivity index (χ3n) is 3.23. The minimum Gasteiger partial charge on any atom is -0.394 e. The third-order valence-corrected chi connectivity index (χ3v) is 3.23. The van der Waals surface area contributed by atoms with Gasteiger partial charge in [-0.15, -0.1) is 0 Å². The van der Waals surface area contributed by atoms with Gasteiger partial charge in [0, 0.05) is 19.6 Å². The number of piperidine rings is 1. The average molecular weight is 237 g/mol. The maximum Gasteiger partial charge on any atom is 0.162 e. The number of hydrogen-bond acceptors (Lipinski definition) is 4. The van der Waals surface area contributed by atoms with Crippen molar-refractivity contribution in [2.45, 2.75) is 46.1 Å². The third kappa shape index (κ3) is 2.72. The van der Waals surface area contributed by atoms with Gasteiger partial charge in [0.05, 0.1) is 11.4 Å². The standard InChI is InChI=1S/C12H23N5/c1-3-7-17-12(11(13)10(2)14-17)15-16-8-5-4-6-9-16/h15H,3-9,13H2,1-2H3. The molecule has 0 spiro atoms. The van der Waals surface area contributed by atoms with Crippen molar-refractivity contribution >= 4 is 11.5 Å². The Morgan fingerprint density at radius 1 is 1.29 bits per heavy atom. The van der Waals surface area contributed by atoms with Crippen LogP contribution in [0.15, 0.2) is 0 Å². The van der Waals surface area contributed by atoms with E-state index in [0.717, 1.165) is 43.3 Å². The molecule has 0 aliphatic carbocycles. The van der Waals surface area contributed by atoms with Crippen LogP contribution in [0.3, 0.4) is 0 Å². The van der Waals surface area contributed by atoms with E-state index < -0.39 is 0 Å². The van der Waals surface area contributed by atoms with E-state index in [0.29, 0.717) is 0 Å². The van der Waals surface area contributed by atoms with E-state index in [4.69, 9.17) is 5.73 Å². The first-order valence-corrected chi connectivity index (χ1v) is 6.57. The van der Waals surface area contributed by atoms with Gasteiger partial charge in [0.2, 0.25) is 0 Å². The molecule has 0 radical (unpaired) electrons. The van der Waals surface area contributed by atoms with Gasteiger partial charge >= 0.3 is 0 Å². The van der Waals surface area contributed by atoms with Gasteiger partial charge in [-0.1, -0.05) is 13.3 Å². The molecule has 0 bridgehead atoms. The van der Waals surface area contributed by atoms with Crippen LogP contribution in [0, 0.1) is 6.92 Å². The highest BCUT2D eigenvalue weighted by Gasteiger charge is 2.16. The fraction of sp³-hybridized carbons (Fsp3) is 0.750. The van der Waals surface area contributed by atoms with Gasteiger partial charge in [0.15, 0.2) is 5.82 Å². The fourth-order valence-electron chi connectivity index (χ4n) is 2.24. The Bertz CT molecular complexity index is 365. The number of hydrogen-bond donors (Lipinski definition) is 2. The number of nitrogens with two attached hydrogens (primary N) is 1. The number of nitrogen functional groups attached to an aromatic ring is 1. The van der Waals surface area contributed by atoms with Crippen molar-refractivity contribution in [1.29, 1.82) is 0 Å². The van der Waals surface area contributed by atoms with Gasteiger partial charge in [0.1, 0.15) is 0 Å². The summed E-state index contributed by atoms with van der Waals surface area (Å²) in [7, 11) is 0. The first kappa shape index (κ1) is 12.2. The normalized spacial score (nSPS) is 17.3. The summed E-state index contributed by atoms with van der Waals surface area (Å²) < 4.78 is 1.99. The Balaban J connectivity index is 2.12. The van der Waals surface area contributed by atoms with Crippen LogP contribution in [-0.2, 0) is 6.54 Å². The Hall–Kier alpha value is -1.23. The van der Waals surface area contributed by atoms with Crippen LogP contribution in [0.1, 0.15) is 38.3 Å². The number of rotatable bonds is 4. The lowest BCUT2D eigenvalue weighted by molar-refractivity contribution is 0.270. The van der Waals surface area contributed by atoms with Crippen LogP contribution in [0.4, 0.5) is 11.5 Å². The zero-order valence-electron chi connectivity index (χ0n) is 10.9. The number of hydrazine groups is 1. The molecule has 1 fully saturated rings. The highest BCUT2D eigenvalue weighted by atomic mass is 15.5. The molecule has 17 heavy (non-hydrogen) atoms.